The minimum absolute atomic E-state index is 1.22. The lowest BCUT2D eigenvalue weighted by Gasteiger charge is -2.09. The number of para-hydroxylation sites is 1. The average molecular weight is 353 g/mol. The second kappa shape index (κ2) is 5.86. The first-order valence-corrected chi connectivity index (χ1v) is 9.70. The molecule has 26 heavy (non-hydrogen) atoms. The van der Waals surface area contributed by atoms with Crippen LogP contribution in [-0.4, -0.2) is 4.57 Å². The van der Waals surface area contributed by atoms with E-state index in [1.165, 1.54) is 48.4 Å². The molecule has 5 rings (SSSR count). The zero-order chi connectivity index (χ0) is 17.7. The molecule has 3 aromatic carbocycles. The summed E-state index contributed by atoms with van der Waals surface area (Å²) in [6, 6.07) is 28.6. The van der Waals surface area contributed by atoms with E-state index in [0.29, 0.717) is 0 Å². The van der Waals surface area contributed by atoms with Crippen LogP contribution in [0.5, 0.6) is 0 Å². The van der Waals surface area contributed by atoms with Gasteiger partial charge in [0, 0.05) is 31.8 Å². The van der Waals surface area contributed by atoms with Gasteiger partial charge in [-0.2, -0.15) is 0 Å². The molecule has 2 heterocycles. The summed E-state index contributed by atoms with van der Waals surface area (Å²) < 4.78 is 2.39. The zero-order valence-corrected chi connectivity index (χ0v) is 15.7. The van der Waals surface area contributed by atoms with Crippen molar-refractivity contribution >= 4 is 33.1 Å². The van der Waals surface area contributed by atoms with Crippen LogP contribution in [0.4, 0.5) is 0 Å². The smallest absolute Gasteiger partial charge is 0.0547 e. The van der Waals surface area contributed by atoms with E-state index in [2.05, 4.69) is 97.3 Å². The van der Waals surface area contributed by atoms with Gasteiger partial charge in [-0.25, -0.2) is 0 Å². The molecule has 0 saturated carbocycles. The normalized spacial score (nSPS) is 11.5. The maximum absolute atomic E-state index is 2.39. The van der Waals surface area contributed by atoms with E-state index in [1.54, 1.807) is 0 Å². The highest BCUT2D eigenvalue weighted by Gasteiger charge is 2.16. The Labute approximate surface area is 157 Å². The van der Waals surface area contributed by atoms with Crippen molar-refractivity contribution in [1.82, 2.24) is 4.57 Å². The molecule has 0 radical (unpaired) electrons. The number of aryl methyl sites for hydroxylation is 2. The van der Waals surface area contributed by atoms with Gasteiger partial charge in [0.15, 0.2) is 0 Å². The number of hydrogen-bond acceptors (Lipinski definition) is 1. The number of thiophene rings is 1. The first kappa shape index (κ1) is 15.4. The highest BCUT2D eigenvalue weighted by atomic mass is 32.1. The number of hydrogen-bond donors (Lipinski definition) is 0. The van der Waals surface area contributed by atoms with Gasteiger partial charge in [0.2, 0.25) is 0 Å². The molecule has 5 aromatic rings. The summed E-state index contributed by atoms with van der Waals surface area (Å²) in [5, 5.41) is 2.65. The topological polar surface area (TPSA) is 4.93 Å². The monoisotopic (exact) mass is 353 g/mol. The Hall–Kier alpha value is -2.84. The first-order chi connectivity index (χ1) is 12.7. The zero-order valence-electron chi connectivity index (χ0n) is 14.9. The summed E-state index contributed by atoms with van der Waals surface area (Å²) in [6.45, 7) is 4.32. The number of fused-ring (bicyclic) bond motifs is 3. The number of aromatic nitrogens is 1. The van der Waals surface area contributed by atoms with Crippen LogP contribution in [-0.2, 0) is 0 Å². The number of rotatable bonds is 2. The van der Waals surface area contributed by atoms with Gasteiger partial charge in [-0.1, -0.05) is 42.5 Å². The van der Waals surface area contributed by atoms with Crippen molar-refractivity contribution in [1.29, 1.82) is 0 Å². The summed E-state index contributed by atoms with van der Waals surface area (Å²) in [4.78, 5) is 2.68. The molecule has 0 aliphatic heterocycles. The molecule has 1 nitrogen and oxygen atoms in total. The molecular formula is C24H19NS. The van der Waals surface area contributed by atoms with Crippen LogP contribution in [0.3, 0.4) is 0 Å². The third-order valence-corrected chi connectivity index (χ3v) is 6.00. The predicted octanol–water partition coefficient (Wildman–Crippen LogP) is 7.13. The molecular weight excluding hydrogens is 334 g/mol. The van der Waals surface area contributed by atoms with Crippen LogP contribution in [0.15, 0.2) is 78.9 Å². The summed E-state index contributed by atoms with van der Waals surface area (Å²) in [5.41, 5.74) is 6.34. The molecule has 0 bridgehead atoms. The Balaban J connectivity index is 1.94. The molecule has 0 aliphatic carbocycles. The lowest BCUT2D eigenvalue weighted by Crippen LogP contribution is -1.93. The van der Waals surface area contributed by atoms with Gasteiger partial charge in [-0.05, 0) is 55.8 Å². The molecule has 0 aliphatic rings. The Kier molecular flexibility index (Phi) is 3.47. The Morgan fingerprint density at radius 1 is 0.731 bits per heavy atom. The molecule has 0 N–H and O–H groups in total. The fraction of sp³-hybridized carbons (Fsp3) is 0.0833. The lowest BCUT2D eigenvalue weighted by molar-refractivity contribution is 1.17. The number of benzene rings is 3. The third kappa shape index (κ3) is 2.30. The van der Waals surface area contributed by atoms with Gasteiger partial charge in [-0.3, -0.25) is 0 Å². The van der Waals surface area contributed by atoms with Crippen LogP contribution in [0.1, 0.15) is 10.4 Å². The lowest BCUT2D eigenvalue weighted by atomic mass is 10.1. The molecule has 2 heteroatoms. The molecule has 0 atom stereocenters. The second-order valence-corrected chi connectivity index (χ2v) is 8.09. The standard InChI is InChI=1S/C24H19NS/c1-16-7-5-8-18(15-16)25-21-11-4-3-9-19(21)24-20(10-6-12-22(24)25)23-14-13-17(2)26-23/h3-15H,1-2H3. The van der Waals surface area contributed by atoms with Gasteiger partial charge >= 0.3 is 0 Å². The fourth-order valence-corrected chi connectivity index (χ4v) is 4.75. The summed E-state index contributed by atoms with van der Waals surface area (Å²) in [6.07, 6.45) is 0. The van der Waals surface area contributed by atoms with Crippen LogP contribution >= 0.6 is 11.3 Å². The van der Waals surface area contributed by atoms with Gasteiger partial charge in [0.1, 0.15) is 0 Å². The average Bonchev–Trinajstić information content (AvgIpc) is 3.23. The highest BCUT2D eigenvalue weighted by molar-refractivity contribution is 7.15. The molecule has 0 unspecified atom stereocenters. The van der Waals surface area contributed by atoms with E-state index < -0.39 is 0 Å². The largest absolute Gasteiger partial charge is 0.309 e. The van der Waals surface area contributed by atoms with Crippen molar-refractivity contribution < 1.29 is 0 Å². The molecule has 0 saturated heterocycles. The van der Waals surface area contributed by atoms with E-state index >= 15 is 0 Å². The quantitative estimate of drug-likeness (QED) is 0.318. The van der Waals surface area contributed by atoms with E-state index in [0.717, 1.165) is 0 Å². The van der Waals surface area contributed by atoms with Crippen LogP contribution in [0, 0.1) is 13.8 Å². The van der Waals surface area contributed by atoms with E-state index in [9.17, 15) is 0 Å². The molecule has 0 amide bonds. The molecule has 0 spiro atoms. The van der Waals surface area contributed by atoms with Crippen molar-refractivity contribution in [2.24, 2.45) is 0 Å². The highest BCUT2D eigenvalue weighted by Crippen LogP contribution is 2.40. The van der Waals surface area contributed by atoms with E-state index in [1.807, 2.05) is 11.3 Å². The Bertz CT molecular complexity index is 1260. The van der Waals surface area contributed by atoms with Crippen LogP contribution < -0.4 is 0 Å². The van der Waals surface area contributed by atoms with Gasteiger partial charge in [0.25, 0.3) is 0 Å². The summed E-state index contributed by atoms with van der Waals surface area (Å²) in [7, 11) is 0. The predicted molar refractivity (Wildman–Crippen MR) is 114 cm³/mol. The molecule has 0 fully saturated rings. The second-order valence-electron chi connectivity index (χ2n) is 6.80. The van der Waals surface area contributed by atoms with Crippen LogP contribution in [0.2, 0.25) is 0 Å². The van der Waals surface area contributed by atoms with E-state index in [-0.39, 0.29) is 0 Å². The summed E-state index contributed by atoms with van der Waals surface area (Å²) in [5.74, 6) is 0. The minimum atomic E-state index is 1.22. The summed E-state index contributed by atoms with van der Waals surface area (Å²) >= 11 is 1.86. The van der Waals surface area contributed by atoms with Crippen molar-refractivity contribution in [3.63, 3.8) is 0 Å². The number of nitrogens with zero attached hydrogens (tertiary/aromatic N) is 1. The van der Waals surface area contributed by atoms with Gasteiger partial charge < -0.3 is 4.57 Å². The fourth-order valence-electron chi connectivity index (χ4n) is 3.85. The van der Waals surface area contributed by atoms with E-state index in [4.69, 9.17) is 0 Å². The first-order valence-electron chi connectivity index (χ1n) is 8.88. The SMILES string of the molecule is Cc1cccc(-n2c3ccccc3c3c(-c4ccc(C)s4)cccc32)c1. The molecule has 126 valence electrons. The Morgan fingerprint density at radius 3 is 2.35 bits per heavy atom. The van der Waals surface area contributed by atoms with Crippen molar-refractivity contribution in [2.45, 2.75) is 13.8 Å². The van der Waals surface area contributed by atoms with Crippen molar-refractivity contribution in [2.75, 3.05) is 0 Å². The van der Waals surface area contributed by atoms with Gasteiger partial charge in [0.05, 0.1) is 11.0 Å². The maximum atomic E-state index is 2.39. The maximum Gasteiger partial charge on any atom is 0.0547 e. The third-order valence-electron chi connectivity index (χ3n) is 4.96. The van der Waals surface area contributed by atoms with Gasteiger partial charge in [-0.15, -0.1) is 11.3 Å². The van der Waals surface area contributed by atoms with Crippen molar-refractivity contribution in [3.8, 4) is 16.1 Å². The van der Waals surface area contributed by atoms with Crippen LogP contribution in [0.25, 0.3) is 37.9 Å². The van der Waals surface area contributed by atoms with Crippen molar-refractivity contribution in [3.05, 3.63) is 89.3 Å². The Morgan fingerprint density at radius 2 is 1.54 bits per heavy atom. The minimum Gasteiger partial charge on any atom is -0.309 e. The molecule has 2 aromatic heterocycles.